The van der Waals surface area contributed by atoms with E-state index < -0.39 is 11.7 Å². The van der Waals surface area contributed by atoms with Crippen LogP contribution in [-0.4, -0.2) is 20.8 Å². The molecule has 2 heterocycles. The fourth-order valence-electron chi connectivity index (χ4n) is 2.45. The fourth-order valence-corrected chi connectivity index (χ4v) is 2.62. The molecule has 0 spiro atoms. The van der Waals surface area contributed by atoms with Gasteiger partial charge in [-0.1, -0.05) is 11.6 Å². The molecule has 0 fully saturated rings. The van der Waals surface area contributed by atoms with Gasteiger partial charge >= 0.3 is 0 Å². The summed E-state index contributed by atoms with van der Waals surface area (Å²) >= 11 is 5.94. The van der Waals surface area contributed by atoms with Gasteiger partial charge in [0, 0.05) is 29.2 Å². The van der Waals surface area contributed by atoms with Crippen molar-refractivity contribution < 1.29 is 14.4 Å². The first kappa shape index (κ1) is 17.6. The fraction of sp³-hybridized carbons (Fsp3) is 0.0556. The molecule has 0 aliphatic heterocycles. The van der Waals surface area contributed by atoms with Gasteiger partial charge in [0.15, 0.2) is 0 Å². The summed E-state index contributed by atoms with van der Waals surface area (Å²) in [5.41, 5.74) is 6.69. The van der Waals surface area contributed by atoms with Gasteiger partial charge in [-0.25, -0.2) is 9.38 Å². The second-order valence-electron chi connectivity index (χ2n) is 5.56. The highest BCUT2D eigenvalue weighted by Gasteiger charge is 2.12. The molecule has 0 radical (unpaired) electrons. The van der Waals surface area contributed by atoms with Gasteiger partial charge in [0.25, 0.3) is 5.91 Å². The van der Waals surface area contributed by atoms with Gasteiger partial charge in [0.2, 0.25) is 0 Å². The van der Waals surface area contributed by atoms with Crippen LogP contribution in [0.25, 0.3) is 11.3 Å². The Morgan fingerprint density at radius 2 is 2.12 bits per heavy atom. The molecular weight excluding hydrogens is 359 g/mol. The third-order valence-electron chi connectivity index (χ3n) is 3.75. The van der Waals surface area contributed by atoms with E-state index >= 15 is 0 Å². The molecule has 3 rings (SSSR count). The molecule has 3 aromatic rings. The molecule has 0 aliphatic rings. The first-order valence-corrected chi connectivity index (χ1v) is 7.91. The van der Waals surface area contributed by atoms with E-state index in [2.05, 4.69) is 9.98 Å². The van der Waals surface area contributed by atoms with Crippen LogP contribution in [0, 0.1) is 12.7 Å². The standard InChI is InChI=1S/C18H14ClFN4O2/c1-10-9-24(26)17(12-6-11(19)2-3-14(12)20)7-16(10)23-15-4-5-22-8-13(15)18(21)25/h2-9,26H,1H3,(H2,21,25). The SMILES string of the molecule is Cc1cn(O)c(-c2cc(Cl)ccc2F)cc1=Nc1ccncc1C(N)=O. The first-order chi connectivity index (χ1) is 12.4. The summed E-state index contributed by atoms with van der Waals surface area (Å²) in [5, 5.41) is 10.9. The predicted molar refractivity (Wildman–Crippen MR) is 94.7 cm³/mol. The minimum atomic E-state index is -0.663. The number of nitrogens with zero attached hydrogens (tertiary/aromatic N) is 3. The zero-order chi connectivity index (χ0) is 18.8. The molecule has 1 amide bonds. The van der Waals surface area contributed by atoms with Crippen LogP contribution >= 0.6 is 11.6 Å². The van der Waals surface area contributed by atoms with Crippen molar-refractivity contribution >= 4 is 23.2 Å². The van der Waals surface area contributed by atoms with Crippen molar-refractivity contribution in [2.75, 3.05) is 0 Å². The average molecular weight is 373 g/mol. The Bertz CT molecular complexity index is 1080. The van der Waals surface area contributed by atoms with Gasteiger partial charge in [0.1, 0.15) is 5.82 Å². The molecule has 0 saturated carbocycles. The second kappa shape index (κ2) is 6.97. The van der Waals surface area contributed by atoms with Crippen molar-refractivity contribution in [2.45, 2.75) is 6.92 Å². The first-order valence-electron chi connectivity index (χ1n) is 7.53. The number of carbonyl (C=O) groups excluding carboxylic acids is 1. The number of primary amides is 1. The maximum atomic E-state index is 14.2. The van der Waals surface area contributed by atoms with Crippen molar-refractivity contribution in [3.63, 3.8) is 0 Å². The Labute approximate surface area is 153 Å². The molecule has 8 heteroatoms. The Morgan fingerprint density at radius 3 is 2.85 bits per heavy atom. The molecule has 2 aromatic heterocycles. The number of rotatable bonds is 3. The van der Waals surface area contributed by atoms with Crippen molar-refractivity contribution in [1.29, 1.82) is 0 Å². The number of nitrogens with two attached hydrogens (primary N) is 1. The van der Waals surface area contributed by atoms with E-state index in [0.29, 0.717) is 21.6 Å². The number of aryl methyl sites for hydroxylation is 1. The average Bonchev–Trinajstić information content (AvgIpc) is 2.60. The highest BCUT2D eigenvalue weighted by atomic mass is 35.5. The lowest BCUT2D eigenvalue weighted by Gasteiger charge is -2.11. The van der Waals surface area contributed by atoms with Gasteiger partial charge in [0.05, 0.1) is 22.3 Å². The Hall–Kier alpha value is -3.19. The van der Waals surface area contributed by atoms with E-state index in [9.17, 15) is 14.4 Å². The number of halogens is 2. The molecule has 132 valence electrons. The summed E-state index contributed by atoms with van der Waals surface area (Å²) in [6.45, 7) is 1.72. The van der Waals surface area contributed by atoms with Crippen LogP contribution in [0.5, 0.6) is 0 Å². The van der Waals surface area contributed by atoms with Crippen molar-refractivity contribution in [3.8, 4) is 11.3 Å². The zero-order valence-electron chi connectivity index (χ0n) is 13.6. The lowest BCUT2D eigenvalue weighted by atomic mass is 10.1. The van der Waals surface area contributed by atoms with Crippen LogP contribution in [0.4, 0.5) is 10.1 Å². The van der Waals surface area contributed by atoms with E-state index in [1.54, 1.807) is 13.0 Å². The molecule has 6 nitrogen and oxygen atoms in total. The van der Waals surface area contributed by atoms with E-state index in [0.717, 1.165) is 4.73 Å². The van der Waals surface area contributed by atoms with Crippen molar-refractivity contribution in [2.24, 2.45) is 10.7 Å². The Balaban J connectivity index is 2.25. The van der Waals surface area contributed by atoms with Crippen molar-refractivity contribution in [1.82, 2.24) is 9.71 Å². The maximum absolute atomic E-state index is 14.2. The van der Waals surface area contributed by atoms with Crippen LogP contribution in [0.2, 0.25) is 5.02 Å². The monoisotopic (exact) mass is 372 g/mol. The molecule has 0 atom stereocenters. The number of hydrogen-bond donors (Lipinski definition) is 2. The van der Waals surface area contributed by atoms with Crippen LogP contribution in [-0.2, 0) is 0 Å². The molecule has 26 heavy (non-hydrogen) atoms. The van der Waals surface area contributed by atoms with Crippen molar-refractivity contribution in [3.05, 3.63) is 76.2 Å². The van der Waals surface area contributed by atoms with Gasteiger partial charge in [-0.05, 0) is 42.8 Å². The zero-order valence-corrected chi connectivity index (χ0v) is 14.4. The summed E-state index contributed by atoms with van der Waals surface area (Å²) in [4.78, 5) is 19.8. The van der Waals surface area contributed by atoms with Gasteiger partial charge in [-0.2, -0.15) is 4.73 Å². The summed E-state index contributed by atoms with van der Waals surface area (Å²) in [6, 6.07) is 7.06. The number of benzene rings is 1. The number of hydrogen-bond acceptors (Lipinski definition) is 4. The Morgan fingerprint density at radius 1 is 1.35 bits per heavy atom. The minimum absolute atomic E-state index is 0.112. The largest absolute Gasteiger partial charge is 0.428 e. The third-order valence-corrected chi connectivity index (χ3v) is 3.98. The molecule has 0 unspecified atom stereocenters. The van der Waals surface area contributed by atoms with E-state index in [4.69, 9.17) is 17.3 Å². The van der Waals surface area contributed by atoms with Gasteiger partial charge < -0.3 is 10.9 Å². The summed E-state index contributed by atoms with van der Waals surface area (Å²) in [7, 11) is 0. The molecular formula is C18H14ClFN4O2. The molecule has 0 aliphatic carbocycles. The summed E-state index contributed by atoms with van der Waals surface area (Å²) in [5.74, 6) is -1.21. The third kappa shape index (κ3) is 3.43. The van der Waals surface area contributed by atoms with Crippen LogP contribution in [0.1, 0.15) is 15.9 Å². The minimum Gasteiger partial charge on any atom is -0.428 e. The lowest BCUT2D eigenvalue weighted by molar-refractivity contribution is 0.100. The molecule has 0 bridgehead atoms. The topological polar surface area (TPSA) is 93.5 Å². The van der Waals surface area contributed by atoms with Crippen LogP contribution < -0.4 is 11.1 Å². The van der Waals surface area contributed by atoms with Crippen LogP contribution in [0.3, 0.4) is 0 Å². The molecule has 0 saturated heterocycles. The van der Waals surface area contributed by atoms with E-state index in [-0.39, 0.29) is 16.8 Å². The predicted octanol–water partition coefficient (Wildman–Crippen LogP) is 3.22. The molecule has 3 N–H and O–H groups in total. The van der Waals surface area contributed by atoms with Gasteiger partial charge in [-0.15, -0.1) is 0 Å². The van der Waals surface area contributed by atoms with E-state index in [1.165, 1.54) is 42.9 Å². The number of carbonyl (C=O) groups is 1. The lowest BCUT2D eigenvalue weighted by Crippen LogP contribution is -2.15. The highest BCUT2D eigenvalue weighted by molar-refractivity contribution is 6.30. The number of pyridine rings is 2. The highest BCUT2D eigenvalue weighted by Crippen LogP contribution is 2.25. The summed E-state index contributed by atoms with van der Waals surface area (Å²) in [6.07, 6.45) is 4.19. The molecule has 1 aromatic carbocycles. The quantitative estimate of drug-likeness (QED) is 0.691. The normalized spacial score (nSPS) is 11.6. The van der Waals surface area contributed by atoms with Crippen LogP contribution in [0.15, 0.2) is 53.9 Å². The second-order valence-corrected chi connectivity index (χ2v) is 6.00. The van der Waals surface area contributed by atoms with E-state index in [1.807, 2.05) is 0 Å². The maximum Gasteiger partial charge on any atom is 0.252 e. The Kier molecular flexibility index (Phi) is 4.73. The van der Waals surface area contributed by atoms with Gasteiger partial charge in [-0.3, -0.25) is 9.78 Å². The summed E-state index contributed by atoms with van der Waals surface area (Å²) < 4.78 is 15.0. The number of amides is 1. The number of aromatic nitrogens is 2. The smallest absolute Gasteiger partial charge is 0.252 e.